The van der Waals surface area contributed by atoms with Gasteiger partial charge in [-0.1, -0.05) is 67.4 Å². The summed E-state index contributed by atoms with van der Waals surface area (Å²) in [6.07, 6.45) is 7.00. The number of nitrogens with one attached hydrogen (secondary N) is 1. The number of ether oxygens (including phenoxy) is 1. The highest BCUT2D eigenvalue weighted by molar-refractivity contribution is 6.01. The molecule has 0 aromatic heterocycles. The van der Waals surface area contributed by atoms with Crippen molar-refractivity contribution in [1.82, 2.24) is 5.32 Å². The molecule has 0 amide bonds. The monoisotopic (exact) mass is 384 g/mol. The van der Waals surface area contributed by atoms with Gasteiger partial charge in [-0.3, -0.25) is 4.99 Å². The molecule has 1 saturated carbocycles. The van der Waals surface area contributed by atoms with Crippen molar-refractivity contribution in [2.45, 2.75) is 50.6 Å². The van der Waals surface area contributed by atoms with Crippen molar-refractivity contribution in [3.8, 4) is 5.75 Å². The quantitative estimate of drug-likeness (QED) is 0.648. The standard InChI is InChI=1S/C26H28N2O/c1-29-25-17-15-18-8-2-4-10-20(18)22(25)16-14-19-9-3-5-11-21(19)26-27-23-12-6-7-13-24(23)28-26/h2-5,8-11,15,17,23-24H,6-7,12-14,16H2,1H3,(H,27,28)/t23-,24-/m0/s1. The van der Waals surface area contributed by atoms with Crippen LogP contribution in [0.25, 0.3) is 10.8 Å². The van der Waals surface area contributed by atoms with Crippen molar-refractivity contribution in [3.63, 3.8) is 0 Å². The summed E-state index contributed by atoms with van der Waals surface area (Å²) >= 11 is 0. The summed E-state index contributed by atoms with van der Waals surface area (Å²) in [5.41, 5.74) is 3.91. The van der Waals surface area contributed by atoms with Gasteiger partial charge in [0.15, 0.2) is 0 Å². The molecule has 1 aliphatic carbocycles. The molecule has 0 radical (unpaired) electrons. The third-order valence-electron chi connectivity index (χ3n) is 6.48. The average molecular weight is 385 g/mol. The van der Waals surface area contributed by atoms with Gasteiger partial charge < -0.3 is 10.1 Å². The normalized spacial score (nSPS) is 20.8. The number of amidine groups is 1. The van der Waals surface area contributed by atoms with Gasteiger partial charge in [0.25, 0.3) is 0 Å². The van der Waals surface area contributed by atoms with Crippen molar-refractivity contribution < 1.29 is 4.74 Å². The molecule has 0 saturated heterocycles. The van der Waals surface area contributed by atoms with E-state index in [4.69, 9.17) is 9.73 Å². The zero-order chi connectivity index (χ0) is 19.6. The van der Waals surface area contributed by atoms with E-state index in [1.54, 1.807) is 7.11 Å². The number of benzene rings is 3. The van der Waals surface area contributed by atoms with Crippen LogP contribution in [-0.4, -0.2) is 25.0 Å². The summed E-state index contributed by atoms with van der Waals surface area (Å²) < 4.78 is 5.70. The van der Waals surface area contributed by atoms with Crippen molar-refractivity contribution in [2.75, 3.05) is 7.11 Å². The Kier molecular flexibility index (Phi) is 4.97. The first-order valence-electron chi connectivity index (χ1n) is 10.8. The van der Waals surface area contributed by atoms with E-state index in [0.717, 1.165) is 24.4 Å². The van der Waals surface area contributed by atoms with E-state index in [2.05, 4.69) is 66.0 Å². The Balaban J connectivity index is 1.44. The van der Waals surface area contributed by atoms with Gasteiger partial charge in [-0.15, -0.1) is 0 Å². The van der Waals surface area contributed by atoms with E-state index >= 15 is 0 Å². The maximum Gasteiger partial charge on any atom is 0.129 e. The summed E-state index contributed by atoms with van der Waals surface area (Å²) in [4.78, 5) is 5.06. The first-order chi connectivity index (χ1) is 14.3. The fourth-order valence-electron chi connectivity index (χ4n) is 4.95. The highest BCUT2D eigenvalue weighted by atomic mass is 16.5. The lowest BCUT2D eigenvalue weighted by atomic mass is 9.92. The minimum Gasteiger partial charge on any atom is -0.496 e. The predicted molar refractivity (Wildman–Crippen MR) is 120 cm³/mol. The Hall–Kier alpha value is -2.81. The lowest BCUT2D eigenvalue weighted by Crippen LogP contribution is -2.37. The Morgan fingerprint density at radius 2 is 1.76 bits per heavy atom. The number of methoxy groups -OCH3 is 1. The van der Waals surface area contributed by atoms with Crippen molar-refractivity contribution >= 4 is 16.6 Å². The molecule has 2 aliphatic rings. The minimum atomic E-state index is 0.463. The topological polar surface area (TPSA) is 33.6 Å². The number of aryl methyl sites for hydroxylation is 2. The second-order valence-corrected chi connectivity index (χ2v) is 8.21. The Bertz CT molecular complexity index is 1060. The maximum absolute atomic E-state index is 5.70. The lowest BCUT2D eigenvalue weighted by molar-refractivity contribution is 0.385. The fraction of sp³-hybridized carbons (Fsp3) is 0.346. The van der Waals surface area contributed by atoms with Crippen LogP contribution in [0.15, 0.2) is 65.7 Å². The van der Waals surface area contributed by atoms with Gasteiger partial charge in [0.2, 0.25) is 0 Å². The van der Waals surface area contributed by atoms with Gasteiger partial charge in [0.05, 0.1) is 13.2 Å². The van der Waals surface area contributed by atoms with Gasteiger partial charge in [0.1, 0.15) is 11.6 Å². The fourth-order valence-corrected chi connectivity index (χ4v) is 4.95. The molecule has 1 heterocycles. The zero-order valence-corrected chi connectivity index (χ0v) is 17.0. The molecule has 3 aromatic rings. The summed E-state index contributed by atoms with van der Waals surface area (Å²) in [6, 6.07) is 22.5. The summed E-state index contributed by atoms with van der Waals surface area (Å²) in [7, 11) is 1.76. The molecule has 29 heavy (non-hydrogen) atoms. The first kappa shape index (κ1) is 18.2. The molecule has 0 unspecified atom stereocenters. The molecule has 5 rings (SSSR count). The number of fused-ring (bicyclic) bond motifs is 2. The molecule has 0 spiro atoms. The van der Waals surface area contributed by atoms with Gasteiger partial charge >= 0.3 is 0 Å². The molecule has 1 aliphatic heterocycles. The predicted octanol–water partition coefficient (Wildman–Crippen LogP) is 5.29. The van der Waals surface area contributed by atoms with Crippen molar-refractivity contribution in [1.29, 1.82) is 0 Å². The third kappa shape index (κ3) is 3.50. The van der Waals surface area contributed by atoms with E-state index in [1.165, 1.54) is 53.1 Å². The molecule has 3 nitrogen and oxygen atoms in total. The molecular formula is C26H28N2O. The molecule has 3 heteroatoms. The van der Waals surface area contributed by atoms with Crippen LogP contribution < -0.4 is 10.1 Å². The smallest absolute Gasteiger partial charge is 0.129 e. The molecular weight excluding hydrogens is 356 g/mol. The Morgan fingerprint density at radius 3 is 2.66 bits per heavy atom. The van der Waals surface area contributed by atoms with Crippen LogP contribution in [0.2, 0.25) is 0 Å². The van der Waals surface area contributed by atoms with E-state index in [9.17, 15) is 0 Å². The van der Waals surface area contributed by atoms with E-state index in [1.807, 2.05) is 0 Å². The Morgan fingerprint density at radius 1 is 0.931 bits per heavy atom. The summed E-state index contributed by atoms with van der Waals surface area (Å²) in [5.74, 6) is 2.07. The largest absolute Gasteiger partial charge is 0.496 e. The summed E-state index contributed by atoms with van der Waals surface area (Å²) in [5, 5.41) is 6.28. The van der Waals surface area contributed by atoms with Crippen LogP contribution in [0.1, 0.15) is 42.4 Å². The number of aliphatic imine (C=N–C) groups is 1. The van der Waals surface area contributed by atoms with E-state index in [0.29, 0.717) is 12.1 Å². The average Bonchev–Trinajstić information content (AvgIpc) is 3.21. The molecule has 1 N–H and O–H groups in total. The Labute approximate surface area is 172 Å². The molecule has 1 fully saturated rings. The lowest BCUT2D eigenvalue weighted by Gasteiger charge is -2.23. The molecule has 0 bridgehead atoms. The second-order valence-electron chi connectivity index (χ2n) is 8.21. The van der Waals surface area contributed by atoms with Gasteiger partial charge in [0, 0.05) is 17.2 Å². The number of nitrogens with zero attached hydrogens (tertiary/aromatic N) is 1. The van der Waals surface area contributed by atoms with Gasteiger partial charge in [-0.25, -0.2) is 0 Å². The minimum absolute atomic E-state index is 0.463. The molecule has 3 aromatic carbocycles. The molecule has 2 atom stereocenters. The van der Waals surface area contributed by atoms with Crippen LogP contribution >= 0.6 is 0 Å². The van der Waals surface area contributed by atoms with Crippen LogP contribution in [0.3, 0.4) is 0 Å². The summed E-state index contributed by atoms with van der Waals surface area (Å²) in [6.45, 7) is 0. The third-order valence-corrected chi connectivity index (χ3v) is 6.48. The van der Waals surface area contributed by atoms with Crippen LogP contribution in [0.5, 0.6) is 5.75 Å². The zero-order valence-electron chi connectivity index (χ0n) is 17.0. The number of hydrogen-bond donors (Lipinski definition) is 1. The van der Waals surface area contributed by atoms with E-state index in [-0.39, 0.29) is 0 Å². The van der Waals surface area contributed by atoms with Gasteiger partial charge in [-0.05, 0) is 48.1 Å². The van der Waals surface area contributed by atoms with Crippen LogP contribution in [0, 0.1) is 0 Å². The van der Waals surface area contributed by atoms with Crippen molar-refractivity contribution in [2.24, 2.45) is 4.99 Å². The number of rotatable bonds is 5. The van der Waals surface area contributed by atoms with Crippen LogP contribution in [-0.2, 0) is 12.8 Å². The first-order valence-corrected chi connectivity index (χ1v) is 10.8. The molecule has 148 valence electrons. The second kappa shape index (κ2) is 7.90. The number of hydrogen-bond acceptors (Lipinski definition) is 3. The van der Waals surface area contributed by atoms with Gasteiger partial charge in [-0.2, -0.15) is 0 Å². The van der Waals surface area contributed by atoms with Crippen molar-refractivity contribution in [3.05, 3.63) is 77.4 Å². The SMILES string of the molecule is COc1ccc2ccccc2c1CCc1ccccc1C1=N[C@H]2CCCC[C@@H]2N1. The highest BCUT2D eigenvalue weighted by Gasteiger charge is 2.31. The van der Waals surface area contributed by atoms with E-state index < -0.39 is 0 Å². The highest BCUT2D eigenvalue weighted by Crippen LogP contribution is 2.30. The maximum atomic E-state index is 5.70. The van der Waals surface area contributed by atoms with Crippen LogP contribution in [0.4, 0.5) is 0 Å².